The van der Waals surface area contributed by atoms with Crippen molar-refractivity contribution in [3.05, 3.63) is 62.0 Å². The number of nitrogens with one attached hydrogen (secondary N) is 1. The van der Waals surface area contributed by atoms with Crippen molar-refractivity contribution in [1.82, 2.24) is 0 Å². The van der Waals surface area contributed by atoms with E-state index in [2.05, 4.69) is 53.3 Å². The highest BCUT2D eigenvalue weighted by Crippen LogP contribution is 2.31. The molecular weight excluding hydrogens is 357 g/mol. The molecule has 0 aliphatic carbocycles. The van der Waals surface area contributed by atoms with Crippen LogP contribution in [-0.2, 0) is 0 Å². The van der Waals surface area contributed by atoms with E-state index in [4.69, 9.17) is 23.2 Å². The van der Waals surface area contributed by atoms with Gasteiger partial charge >= 0.3 is 0 Å². The molecule has 1 nitrogen and oxygen atoms in total. The third-order valence-corrected chi connectivity index (χ3v) is 4.68. The van der Waals surface area contributed by atoms with Gasteiger partial charge in [-0.05, 0) is 48.7 Å². The largest absolute Gasteiger partial charge is 0.378 e. The van der Waals surface area contributed by atoms with Crippen LogP contribution < -0.4 is 5.32 Å². The van der Waals surface area contributed by atoms with Crippen molar-refractivity contribution in [2.24, 2.45) is 0 Å². The second-order valence-corrected chi connectivity index (χ2v) is 6.43. The molecule has 106 valence electrons. The molecule has 2 rings (SSSR count). The van der Waals surface area contributed by atoms with Crippen molar-refractivity contribution in [3.63, 3.8) is 0 Å². The lowest BCUT2D eigenvalue weighted by Crippen LogP contribution is -2.10. The molecule has 0 radical (unpaired) electrons. The first-order valence-electron chi connectivity index (χ1n) is 6.49. The molecule has 2 aromatic rings. The van der Waals surface area contributed by atoms with Gasteiger partial charge in [-0.15, -0.1) is 0 Å². The van der Waals surface area contributed by atoms with Crippen LogP contribution in [0.25, 0.3) is 0 Å². The van der Waals surface area contributed by atoms with Crippen molar-refractivity contribution in [2.75, 3.05) is 5.32 Å². The Morgan fingerprint density at radius 3 is 2.50 bits per heavy atom. The lowest BCUT2D eigenvalue weighted by Gasteiger charge is -2.20. The maximum atomic E-state index is 6.29. The van der Waals surface area contributed by atoms with Crippen LogP contribution in [0.15, 0.2) is 40.9 Å². The molecule has 0 heterocycles. The Kier molecular flexibility index (Phi) is 5.36. The zero-order valence-corrected chi connectivity index (χ0v) is 14.5. The summed E-state index contributed by atoms with van der Waals surface area (Å²) in [5.74, 6) is 0. The van der Waals surface area contributed by atoms with Gasteiger partial charge in [0, 0.05) is 20.2 Å². The second-order valence-electron chi connectivity index (χ2n) is 4.73. The maximum Gasteiger partial charge on any atom is 0.0525 e. The van der Waals surface area contributed by atoms with Crippen molar-refractivity contribution in [2.45, 2.75) is 26.3 Å². The van der Waals surface area contributed by atoms with Gasteiger partial charge in [0.25, 0.3) is 0 Å². The van der Waals surface area contributed by atoms with E-state index < -0.39 is 0 Å². The standard InChI is InChI=1S/C16H16BrCl2N/c1-3-16(13-7-5-11(18)8-15(13)19)20-12-6-4-10(2)14(17)9-12/h4-9,16,20H,3H2,1-2H3. The third kappa shape index (κ3) is 3.69. The number of hydrogen-bond acceptors (Lipinski definition) is 1. The Balaban J connectivity index is 2.26. The molecule has 0 aromatic heterocycles. The van der Waals surface area contributed by atoms with Crippen LogP contribution in [0.5, 0.6) is 0 Å². The molecule has 4 heteroatoms. The molecule has 2 aromatic carbocycles. The van der Waals surface area contributed by atoms with Crippen LogP contribution in [0, 0.1) is 6.92 Å². The highest BCUT2D eigenvalue weighted by molar-refractivity contribution is 9.10. The molecule has 1 unspecified atom stereocenters. The Hall–Kier alpha value is -0.700. The summed E-state index contributed by atoms with van der Waals surface area (Å²) in [5, 5.41) is 4.87. The number of halogens is 3. The first-order valence-corrected chi connectivity index (χ1v) is 8.03. The van der Waals surface area contributed by atoms with Gasteiger partial charge in [0.2, 0.25) is 0 Å². The molecule has 1 N–H and O–H groups in total. The van der Waals surface area contributed by atoms with Crippen LogP contribution in [0.1, 0.15) is 30.5 Å². The molecule has 20 heavy (non-hydrogen) atoms. The molecular formula is C16H16BrCl2N. The molecule has 0 aliphatic heterocycles. The van der Waals surface area contributed by atoms with Crippen molar-refractivity contribution >= 4 is 44.8 Å². The van der Waals surface area contributed by atoms with E-state index in [1.54, 1.807) is 6.07 Å². The summed E-state index contributed by atoms with van der Waals surface area (Å²) in [6.07, 6.45) is 0.937. The summed E-state index contributed by atoms with van der Waals surface area (Å²) in [5.41, 5.74) is 3.35. The lowest BCUT2D eigenvalue weighted by atomic mass is 10.0. The minimum absolute atomic E-state index is 0.161. The fourth-order valence-electron chi connectivity index (χ4n) is 2.07. The van der Waals surface area contributed by atoms with Crippen LogP contribution in [0.3, 0.4) is 0 Å². The molecule has 0 aliphatic rings. The minimum Gasteiger partial charge on any atom is -0.378 e. The summed E-state index contributed by atoms with van der Waals surface area (Å²) < 4.78 is 1.10. The monoisotopic (exact) mass is 371 g/mol. The Morgan fingerprint density at radius 1 is 1.15 bits per heavy atom. The first kappa shape index (κ1) is 15.7. The highest BCUT2D eigenvalue weighted by Gasteiger charge is 2.13. The zero-order chi connectivity index (χ0) is 14.7. The number of aryl methyl sites for hydroxylation is 1. The Morgan fingerprint density at radius 2 is 1.90 bits per heavy atom. The molecule has 0 saturated heterocycles. The SMILES string of the molecule is CCC(Nc1ccc(C)c(Br)c1)c1ccc(Cl)cc1Cl. The highest BCUT2D eigenvalue weighted by atomic mass is 79.9. The third-order valence-electron chi connectivity index (χ3n) is 3.26. The minimum atomic E-state index is 0.161. The van der Waals surface area contributed by atoms with Crippen LogP contribution in [0.2, 0.25) is 10.0 Å². The van der Waals surface area contributed by atoms with Crippen LogP contribution in [0.4, 0.5) is 5.69 Å². The lowest BCUT2D eigenvalue weighted by molar-refractivity contribution is 0.749. The number of anilines is 1. The van der Waals surface area contributed by atoms with Gasteiger partial charge < -0.3 is 5.32 Å². The molecule has 0 amide bonds. The van der Waals surface area contributed by atoms with E-state index in [1.165, 1.54) is 5.56 Å². The summed E-state index contributed by atoms with van der Waals surface area (Å²) in [7, 11) is 0. The van der Waals surface area contributed by atoms with E-state index in [-0.39, 0.29) is 6.04 Å². The second kappa shape index (κ2) is 6.84. The zero-order valence-electron chi connectivity index (χ0n) is 11.4. The smallest absolute Gasteiger partial charge is 0.0525 e. The Labute approximate surface area is 138 Å². The molecule has 0 fully saturated rings. The summed E-state index contributed by atoms with van der Waals surface area (Å²) in [6, 6.07) is 12.0. The molecule has 0 spiro atoms. The van der Waals surface area contributed by atoms with E-state index in [0.717, 1.165) is 22.1 Å². The number of benzene rings is 2. The van der Waals surface area contributed by atoms with E-state index >= 15 is 0 Å². The maximum absolute atomic E-state index is 6.29. The summed E-state index contributed by atoms with van der Waals surface area (Å²) in [4.78, 5) is 0. The number of rotatable bonds is 4. The van der Waals surface area contributed by atoms with Crippen LogP contribution in [-0.4, -0.2) is 0 Å². The van der Waals surface area contributed by atoms with Gasteiger partial charge in [0.1, 0.15) is 0 Å². The van der Waals surface area contributed by atoms with E-state index in [0.29, 0.717) is 10.0 Å². The van der Waals surface area contributed by atoms with Crippen LogP contribution >= 0.6 is 39.1 Å². The molecule has 0 saturated carbocycles. The van der Waals surface area contributed by atoms with E-state index in [1.807, 2.05) is 12.1 Å². The topological polar surface area (TPSA) is 12.0 Å². The summed E-state index contributed by atoms with van der Waals surface area (Å²) >= 11 is 15.8. The van der Waals surface area contributed by atoms with Crippen molar-refractivity contribution < 1.29 is 0 Å². The quantitative estimate of drug-likeness (QED) is 0.635. The Bertz CT molecular complexity index is 613. The molecule has 1 atom stereocenters. The normalized spacial score (nSPS) is 12.2. The predicted molar refractivity (Wildman–Crippen MR) is 92.0 cm³/mol. The predicted octanol–water partition coefficient (Wildman–Crippen LogP) is 6.63. The van der Waals surface area contributed by atoms with Gasteiger partial charge in [-0.1, -0.05) is 58.2 Å². The number of hydrogen-bond donors (Lipinski definition) is 1. The van der Waals surface area contributed by atoms with Gasteiger partial charge in [-0.2, -0.15) is 0 Å². The summed E-state index contributed by atoms with van der Waals surface area (Å²) in [6.45, 7) is 4.20. The average Bonchev–Trinajstić information content (AvgIpc) is 2.41. The van der Waals surface area contributed by atoms with Gasteiger partial charge in [0.15, 0.2) is 0 Å². The van der Waals surface area contributed by atoms with Gasteiger partial charge in [-0.25, -0.2) is 0 Å². The fraction of sp³-hybridized carbons (Fsp3) is 0.250. The van der Waals surface area contributed by atoms with Crippen molar-refractivity contribution in [1.29, 1.82) is 0 Å². The first-order chi connectivity index (χ1) is 9.51. The van der Waals surface area contributed by atoms with Gasteiger partial charge in [0.05, 0.1) is 6.04 Å². The fourth-order valence-corrected chi connectivity index (χ4v) is 2.99. The average molecular weight is 373 g/mol. The van der Waals surface area contributed by atoms with E-state index in [9.17, 15) is 0 Å². The molecule has 0 bridgehead atoms. The van der Waals surface area contributed by atoms with Crippen molar-refractivity contribution in [3.8, 4) is 0 Å². The van der Waals surface area contributed by atoms with Gasteiger partial charge in [-0.3, -0.25) is 0 Å².